The number of amides is 1. The van der Waals surface area contributed by atoms with Crippen LogP contribution in [-0.4, -0.2) is 57.6 Å². The van der Waals surface area contributed by atoms with Crippen molar-refractivity contribution in [3.05, 3.63) is 0 Å². The topological polar surface area (TPSA) is 92.8 Å². The molecule has 2 fully saturated rings. The lowest BCUT2D eigenvalue weighted by molar-refractivity contribution is -0.149. The smallest absolute Gasteiger partial charge is 0.309 e. The van der Waals surface area contributed by atoms with Gasteiger partial charge in [0.25, 0.3) is 0 Å². The van der Waals surface area contributed by atoms with E-state index in [9.17, 15) is 18.0 Å². The highest BCUT2D eigenvalue weighted by atomic mass is 32.2. The molecular weight excluding hydrogens is 308 g/mol. The lowest BCUT2D eigenvalue weighted by Crippen LogP contribution is -2.37. The first-order valence-corrected chi connectivity index (χ1v) is 9.37. The Labute approximate surface area is 131 Å². The lowest BCUT2D eigenvalue weighted by Gasteiger charge is -2.21. The third-order valence-corrected chi connectivity index (χ3v) is 6.02. The standard InChI is InChI=1S/C14H24N2O5S/c1-16(22(3,19)20)10-6-11(12(7-10)14(18)21-2)13(17)15-8-9-4-5-9/h9-12H,4-8H2,1-3H3,(H,15,17)/t10-,11+,12+/m0/s1. The molecule has 0 unspecified atom stereocenters. The third-order valence-electron chi connectivity index (χ3n) is 4.68. The molecule has 0 bridgehead atoms. The van der Waals surface area contributed by atoms with Crippen LogP contribution in [0.2, 0.25) is 0 Å². The minimum absolute atomic E-state index is 0.174. The highest BCUT2D eigenvalue weighted by molar-refractivity contribution is 7.88. The molecule has 1 N–H and O–H groups in total. The summed E-state index contributed by atoms with van der Waals surface area (Å²) in [6.45, 7) is 0.635. The minimum Gasteiger partial charge on any atom is -0.469 e. The van der Waals surface area contributed by atoms with Gasteiger partial charge in [-0.25, -0.2) is 12.7 Å². The number of sulfonamides is 1. The zero-order valence-corrected chi connectivity index (χ0v) is 14.1. The van der Waals surface area contributed by atoms with Gasteiger partial charge in [0.2, 0.25) is 15.9 Å². The average molecular weight is 332 g/mol. The Balaban J connectivity index is 2.07. The molecule has 7 nitrogen and oxygen atoms in total. The number of nitrogens with one attached hydrogen (secondary N) is 1. The van der Waals surface area contributed by atoms with E-state index in [1.165, 1.54) is 18.5 Å². The minimum atomic E-state index is -3.36. The summed E-state index contributed by atoms with van der Waals surface area (Å²) in [6.07, 6.45) is 4.05. The Morgan fingerprint density at radius 3 is 2.32 bits per heavy atom. The van der Waals surface area contributed by atoms with Crippen molar-refractivity contribution < 1.29 is 22.7 Å². The summed E-state index contributed by atoms with van der Waals surface area (Å²) in [7, 11) is -0.586. The van der Waals surface area contributed by atoms with Crippen LogP contribution in [0.25, 0.3) is 0 Å². The monoisotopic (exact) mass is 332 g/mol. The lowest BCUT2D eigenvalue weighted by atomic mass is 9.95. The number of esters is 1. The maximum atomic E-state index is 12.3. The van der Waals surface area contributed by atoms with Crippen molar-refractivity contribution in [1.82, 2.24) is 9.62 Å². The van der Waals surface area contributed by atoms with Gasteiger partial charge in [-0.3, -0.25) is 9.59 Å². The fourth-order valence-electron chi connectivity index (χ4n) is 2.98. The third kappa shape index (κ3) is 3.98. The second kappa shape index (κ2) is 6.54. The van der Waals surface area contributed by atoms with Crippen molar-refractivity contribution in [2.24, 2.45) is 17.8 Å². The molecule has 0 aliphatic heterocycles. The Morgan fingerprint density at radius 2 is 1.82 bits per heavy atom. The quantitative estimate of drug-likeness (QED) is 0.690. The fourth-order valence-corrected chi connectivity index (χ4v) is 3.69. The molecule has 0 saturated heterocycles. The first kappa shape index (κ1) is 17.2. The van der Waals surface area contributed by atoms with E-state index in [2.05, 4.69) is 5.32 Å². The highest BCUT2D eigenvalue weighted by Gasteiger charge is 2.46. The number of carbonyl (C=O) groups is 2. The van der Waals surface area contributed by atoms with Crippen LogP contribution in [0.5, 0.6) is 0 Å². The molecular formula is C14H24N2O5S. The zero-order valence-electron chi connectivity index (χ0n) is 13.2. The highest BCUT2D eigenvalue weighted by Crippen LogP contribution is 2.36. The molecule has 22 heavy (non-hydrogen) atoms. The van der Waals surface area contributed by atoms with Gasteiger partial charge in [0.15, 0.2) is 0 Å². The molecule has 126 valence electrons. The first-order valence-electron chi connectivity index (χ1n) is 7.52. The number of rotatable bonds is 6. The van der Waals surface area contributed by atoms with Crippen LogP contribution < -0.4 is 5.32 Å². The van der Waals surface area contributed by atoms with Crippen molar-refractivity contribution in [3.8, 4) is 0 Å². The van der Waals surface area contributed by atoms with E-state index in [0.29, 0.717) is 25.3 Å². The average Bonchev–Trinajstić information content (AvgIpc) is 3.18. The van der Waals surface area contributed by atoms with Gasteiger partial charge < -0.3 is 10.1 Å². The molecule has 3 atom stereocenters. The van der Waals surface area contributed by atoms with Crippen molar-refractivity contribution in [2.45, 2.75) is 31.7 Å². The molecule has 0 heterocycles. The number of ether oxygens (including phenoxy) is 1. The molecule has 0 spiro atoms. The molecule has 8 heteroatoms. The number of nitrogens with zero attached hydrogens (tertiary/aromatic N) is 1. The maximum Gasteiger partial charge on any atom is 0.309 e. The van der Waals surface area contributed by atoms with Crippen LogP contribution in [0.3, 0.4) is 0 Å². The second-order valence-corrected chi connectivity index (χ2v) is 8.37. The summed E-state index contributed by atoms with van der Waals surface area (Å²) < 4.78 is 29.4. The van der Waals surface area contributed by atoms with Crippen molar-refractivity contribution >= 4 is 21.9 Å². The largest absolute Gasteiger partial charge is 0.469 e. The Bertz CT molecular complexity index is 543. The number of carbonyl (C=O) groups excluding carboxylic acids is 2. The van der Waals surface area contributed by atoms with Crippen molar-refractivity contribution in [1.29, 1.82) is 0 Å². The van der Waals surface area contributed by atoms with E-state index >= 15 is 0 Å². The predicted molar refractivity (Wildman–Crippen MR) is 80.4 cm³/mol. The normalized spacial score (nSPS) is 28.6. The van der Waals surface area contributed by atoms with Crippen LogP contribution in [0.4, 0.5) is 0 Å². The maximum absolute atomic E-state index is 12.3. The molecule has 2 saturated carbocycles. The van der Waals surface area contributed by atoms with Crippen molar-refractivity contribution in [2.75, 3.05) is 27.0 Å². The molecule has 0 aromatic rings. The molecule has 0 aromatic carbocycles. The van der Waals surface area contributed by atoms with E-state index in [1.807, 2.05) is 0 Å². The molecule has 0 aromatic heterocycles. The Kier molecular flexibility index (Phi) is 5.11. The van der Waals surface area contributed by atoms with Crippen LogP contribution in [0.1, 0.15) is 25.7 Å². The van der Waals surface area contributed by atoms with Gasteiger partial charge in [-0.2, -0.15) is 0 Å². The van der Waals surface area contributed by atoms with Crippen LogP contribution in [-0.2, 0) is 24.3 Å². The number of hydrogen-bond acceptors (Lipinski definition) is 5. The van der Waals surface area contributed by atoms with Gasteiger partial charge in [-0.1, -0.05) is 0 Å². The zero-order chi connectivity index (χ0) is 16.5. The summed E-state index contributed by atoms with van der Waals surface area (Å²) in [5.41, 5.74) is 0. The SMILES string of the molecule is COC(=O)[C@@H]1C[C@@H](N(C)S(C)(=O)=O)C[C@H]1C(=O)NCC1CC1. The number of hydrogen-bond donors (Lipinski definition) is 1. The molecule has 2 aliphatic rings. The van der Waals surface area contributed by atoms with E-state index in [1.54, 1.807) is 0 Å². The summed E-state index contributed by atoms with van der Waals surface area (Å²) in [5.74, 6) is -1.18. The van der Waals surface area contributed by atoms with Gasteiger partial charge in [-0.15, -0.1) is 0 Å². The summed E-state index contributed by atoms with van der Waals surface area (Å²) in [6, 6.07) is -0.351. The van der Waals surface area contributed by atoms with E-state index < -0.39 is 27.8 Å². The van der Waals surface area contributed by atoms with Gasteiger partial charge in [0.1, 0.15) is 0 Å². The van der Waals surface area contributed by atoms with Gasteiger partial charge >= 0.3 is 5.97 Å². The predicted octanol–water partition coefficient (Wildman–Crippen LogP) is -0.0282. The van der Waals surface area contributed by atoms with Gasteiger partial charge in [0, 0.05) is 19.6 Å². The fraction of sp³-hybridized carbons (Fsp3) is 0.857. The first-order chi connectivity index (χ1) is 10.2. The summed E-state index contributed by atoms with van der Waals surface area (Å²) in [5, 5.41) is 2.88. The van der Waals surface area contributed by atoms with E-state index in [4.69, 9.17) is 4.74 Å². The van der Waals surface area contributed by atoms with Crippen LogP contribution in [0.15, 0.2) is 0 Å². The Hall–Kier alpha value is -1.15. The Morgan fingerprint density at radius 1 is 1.23 bits per heavy atom. The second-order valence-electron chi connectivity index (χ2n) is 6.33. The van der Waals surface area contributed by atoms with Crippen LogP contribution >= 0.6 is 0 Å². The van der Waals surface area contributed by atoms with Crippen molar-refractivity contribution in [3.63, 3.8) is 0 Å². The molecule has 2 aliphatic carbocycles. The summed E-state index contributed by atoms with van der Waals surface area (Å²) in [4.78, 5) is 24.3. The van der Waals surface area contributed by atoms with Gasteiger partial charge in [-0.05, 0) is 31.6 Å². The molecule has 1 amide bonds. The van der Waals surface area contributed by atoms with E-state index in [0.717, 1.165) is 19.1 Å². The van der Waals surface area contributed by atoms with Gasteiger partial charge in [0.05, 0.1) is 25.2 Å². The van der Waals surface area contributed by atoms with E-state index in [-0.39, 0.29) is 11.9 Å². The molecule has 2 rings (SSSR count). The summed E-state index contributed by atoms with van der Waals surface area (Å²) >= 11 is 0. The molecule has 0 radical (unpaired) electrons. The van der Waals surface area contributed by atoms with Crippen LogP contribution in [0, 0.1) is 17.8 Å². The number of methoxy groups -OCH3 is 1.